The molecule has 0 radical (unpaired) electrons. The van der Waals surface area contributed by atoms with Crippen molar-refractivity contribution in [3.05, 3.63) is 57.1 Å². The number of nitrogens with two attached hydrogens (primary N) is 1. The molecule has 0 aliphatic heterocycles. The fraction of sp³-hybridized carbons (Fsp3) is 0.188. The highest BCUT2D eigenvalue weighted by Crippen LogP contribution is 2.24. The van der Waals surface area contributed by atoms with Crippen LogP contribution in [0.4, 0.5) is 11.4 Å². The Morgan fingerprint density at radius 2 is 1.65 bits per heavy atom. The molecule has 2 aromatic carbocycles. The first kappa shape index (κ1) is 14.6. The Bertz CT molecular complexity index is 660. The average molecular weight is 333 g/mol. The van der Waals surface area contributed by atoms with Crippen LogP contribution < -0.4 is 11.1 Å². The maximum Gasteiger partial charge on any atom is 0.256 e. The molecule has 0 aromatic heterocycles. The highest BCUT2D eigenvalue weighted by Gasteiger charge is 2.12. The number of amides is 1. The number of benzene rings is 2. The van der Waals surface area contributed by atoms with Crippen molar-refractivity contribution >= 4 is 33.2 Å². The van der Waals surface area contributed by atoms with E-state index in [-0.39, 0.29) is 5.91 Å². The van der Waals surface area contributed by atoms with Gasteiger partial charge in [0.05, 0.1) is 0 Å². The molecule has 0 heterocycles. The van der Waals surface area contributed by atoms with Crippen LogP contribution in [-0.4, -0.2) is 5.91 Å². The van der Waals surface area contributed by atoms with Gasteiger partial charge in [0, 0.05) is 21.4 Å². The first-order valence-corrected chi connectivity index (χ1v) is 7.11. The SMILES string of the molecule is Cc1cc(C)cc(NC(=O)c2cc(Br)cc(N)c2C)c1. The summed E-state index contributed by atoms with van der Waals surface area (Å²) in [6.45, 7) is 5.86. The van der Waals surface area contributed by atoms with Crippen molar-refractivity contribution in [3.63, 3.8) is 0 Å². The summed E-state index contributed by atoms with van der Waals surface area (Å²) in [7, 11) is 0. The number of nitrogen functional groups attached to an aromatic ring is 1. The molecule has 20 heavy (non-hydrogen) atoms. The summed E-state index contributed by atoms with van der Waals surface area (Å²) in [5.74, 6) is -0.152. The van der Waals surface area contributed by atoms with Crippen molar-refractivity contribution in [1.29, 1.82) is 0 Å². The van der Waals surface area contributed by atoms with E-state index in [1.54, 1.807) is 12.1 Å². The second-order valence-corrected chi connectivity index (χ2v) is 5.91. The van der Waals surface area contributed by atoms with Gasteiger partial charge < -0.3 is 11.1 Å². The van der Waals surface area contributed by atoms with Gasteiger partial charge in [-0.1, -0.05) is 22.0 Å². The van der Waals surface area contributed by atoms with E-state index < -0.39 is 0 Å². The quantitative estimate of drug-likeness (QED) is 0.809. The maximum atomic E-state index is 12.4. The zero-order valence-electron chi connectivity index (χ0n) is 11.8. The highest BCUT2D eigenvalue weighted by molar-refractivity contribution is 9.10. The Morgan fingerprint density at radius 1 is 1.05 bits per heavy atom. The van der Waals surface area contributed by atoms with Crippen molar-refractivity contribution < 1.29 is 4.79 Å². The predicted octanol–water partition coefficient (Wildman–Crippen LogP) is 4.21. The minimum absolute atomic E-state index is 0.152. The largest absolute Gasteiger partial charge is 0.398 e. The number of anilines is 2. The van der Waals surface area contributed by atoms with Crippen molar-refractivity contribution in [1.82, 2.24) is 0 Å². The minimum atomic E-state index is -0.152. The van der Waals surface area contributed by atoms with Gasteiger partial charge in [-0.3, -0.25) is 4.79 Å². The Morgan fingerprint density at radius 3 is 2.25 bits per heavy atom. The molecule has 0 fully saturated rings. The van der Waals surface area contributed by atoms with Crippen LogP contribution in [0.25, 0.3) is 0 Å². The molecular weight excluding hydrogens is 316 g/mol. The fourth-order valence-corrected chi connectivity index (χ4v) is 2.66. The van der Waals surface area contributed by atoms with Crippen LogP contribution in [0.2, 0.25) is 0 Å². The van der Waals surface area contributed by atoms with Gasteiger partial charge >= 0.3 is 0 Å². The maximum absolute atomic E-state index is 12.4. The smallest absolute Gasteiger partial charge is 0.256 e. The molecule has 0 atom stereocenters. The van der Waals surface area contributed by atoms with Gasteiger partial charge in [0.25, 0.3) is 5.91 Å². The van der Waals surface area contributed by atoms with Crippen LogP contribution in [0.3, 0.4) is 0 Å². The second-order valence-electron chi connectivity index (χ2n) is 5.00. The number of carbonyl (C=O) groups is 1. The molecule has 1 amide bonds. The molecule has 0 saturated heterocycles. The molecule has 2 rings (SSSR count). The molecule has 0 unspecified atom stereocenters. The molecule has 2 aromatic rings. The second kappa shape index (κ2) is 5.67. The third-order valence-electron chi connectivity index (χ3n) is 3.14. The van der Waals surface area contributed by atoms with Crippen LogP contribution in [-0.2, 0) is 0 Å². The molecular formula is C16H17BrN2O. The Balaban J connectivity index is 2.33. The summed E-state index contributed by atoms with van der Waals surface area (Å²) in [5, 5.41) is 2.92. The lowest BCUT2D eigenvalue weighted by molar-refractivity contribution is 0.102. The van der Waals surface area contributed by atoms with Gasteiger partial charge in [-0.15, -0.1) is 0 Å². The summed E-state index contributed by atoms with van der Waals surface area (Å²) < 4.78 is 0.797. The van der Waals surface area contributed by atoms with Crippen LogP contribution >= 0.6 is 15.9 Å². The lowest BCUT2D eigenvalue weighted by Crippen LogP contribution is -2.14. The van der Waals surface area contributed by atoms with Gasteiger partial charge in [-0.25, -0.2) is 0 Å². The zero-order chi connectivity index (χ0) is 14.9. The normalized spacial score (nSPS) is 10.4. The van der Waals surface area contributed by atoms with E-state index in [9.17, 15) is 4.79 Å². The van der Waals surface area contributed by atoms with Crippen molar-refractivity contribution in [2.75, 3.05) is 11.1 Å². The minimum Gasteiger partial charge on any atom is -0.398 e. The number of rotatable bonds is 2. The van der Waals surface area contributed by atoms with E-state index in [0.717, 1.165) is 26.9 Å². The number of nitrogens with one attached hydrogen (secondary N) is 1. The first-order valence-electron chi connectivity index (χ1n) is 6.32. The number of carbonyl (C=O) groups excluding carboxylic acids is 1. The Kier molecular flexibility index (Phi) is 4.14. The predicted molar refractivity (Wildman–Crippen MR) is 87.2 cm³/mol. The van der Waals surface area contributed by atoms with Crippen molar-refractivity contribution in [3.8, 4) is 0 Å². The van der Waals surface area contributed by atoms with Crippen LogP contribution in [0.5, 0.6) is 0 Å². The van der Waals surface area contributed by atoms with Crippen molar-refractivity contribution in [2.45, 2.75) is 20.8 Å². The molecule has 0 spiro atoms. The summed E-state index contributed by atoms with van der Waals surface area (Å²) in [6.07, 6.45) is 0. The van der Waals surface area contributed by atoms with Crippen LogP contribution in [0.1, 0.15) is 27.0 Å². The summed E-state index contributed by atoms with van der Waals surface area (Å²) in [4.78, 5) is 12.4. The summed E-state index contributed by atoms with van der Waals surface area (Å²) in [6, 6.07) is 9.54. The average Bonchev–Trinajstić information content (AvgIpc) is 2.32. The molecule has 104 valence electrons. The van der Waals surface area contributed by atoms with Gasteiger partial charge in [0.2, 0.25) is 0 Å². The van der Waals surface area contributed by atoms with Gasteiger partial charge in [0.15, 0.2) is 0 Å². The van der Waals surface area contributed by atoms with E-state index in [1.807, 2.05) is 32.9 Å². The number of hydrogen-bond donors (Lipinski definition) is 2. The topological polar surface area (TPSA) is 55.1 Å². The van der Waals surface area contributed by atoms with Gasteiger partial charge in [0.1, 0.15) is 0 Å². The van der Waals surface area contributed by atoms with E-state index in [0.29, 0.717) is 11.3 Å². The molecule has 3 nitrogen and oxygen atoms in total. The van der Waals surface area contributed by atoms with Gasteiger partial charge in [-0.05, 0) is 61.7 Å². The molecule has 0 aliphatic rings. The summed E-state index contributed by atoms with van der Waals surface area (Å²) in [5.41, 5.74) is 10.9. The molecule has 0 aliphatic carbocycles. The molecule has 0 saturated carbocycles. The standard InChI is InChI=1S/C16H17BrN2O/c1-9-4-10(2)6-13(5-9)19-16(20)14-7-12(17)8-15(18)11(14)3/h4-8H,18H2,1-3H3,(H,19,20). The lowest BCUT2D eigenvalue weighted by atomic mass is 10.1. The van der Waals surface area contributed by atoms with Crippen LogP contribution in [0, 0.1) is 20.8 Å². The number of hydrogen-bond acceptors (Lipinski definition) is 2. The third-order valence-corrected chi connectivity index (χ3v) is 3.59. The van der Waals surface area contributed by atoms with E-state index in [1.165, 1.54) is 0 Å². The fourth-order valence-electron chi connectivity index (χ4n) is 2.18. The van der Waals surface area contributed by atoms with E-state index in [2.05, 4.69) is 27.3 Å². The highest BCUT2D eigenvalue weighted by atomic mass is 79.9. The third kappa shape index (κ3) is 3.20. The number of aryl methyl sites for hydroxylation is 2. The van der Waals surface area contributed by atoms with E-state index >= 15 is 0 Å². The Hall–Kier alpha value is -1.81. The lowest BCUT2D eigenvalue weighted by Gasteiger charge is -2.11. The molecule has 3 N–H and O–H groups in total. The van der Waals surface area contributed by atoms with Crippen LogP contribution in [0.15, 0.2) is 34.8 Å². The summed E-state index contributed by atoms with van der Waals surface area (Å²) >= 11 is 3.36. The Labute approximate surface area is 127 Å². The van der Waals surface area contributed by atoms with Gasteiger partial charge in [-0.2, -0.15) is 0 Å². The molecule has 4 heteroatoms. The molecule has 0 bridgehead atoms. The first-order chi connectivity index (χ1) is 9.36. The van der Waals surface area contributed by atoms with E-state index in [4.69, 9.17) is 5.73 Å². The van der Waals surface area contributed by atoms with Crippen molar-refractivity contribution in [2.24, 2.45) is 0 Å². The zero-order valence-corrected chi connectivity index (χ0v) is 13.3. The monoisotopic (exact) mass is 332 g/mol. The number of halogens is 1.